The highest BCUT2D eigenvalue weighted by atomic mass is 16.6. The van der Waals surface area contributed by atoms with Gasteiger partial charge in [-0.15, -0.1) is 0 Å². The fourth-order valence-corrected chi connectivity index (χ4v) is 2.55. The van der Waals surface area contributed by atoms with Crippen LogP contribution in [0.1, 0.15) is 70.6 Å². The second kappa shape index (κ2) is 5.47. The van der Waals surface area contributed by atoms with Crippen LogP contribution in [0.3, 0.4) is 0 Å². The number of hydrogen-bond acceptors (Lipinski definition) is 3. The number of para-hydroxylation sites is 1. The van der Waals surface area contributed by atoms with Crippen molar-refractivity contribution in [2.75, 3.05) is 0 Å². The molecule has 0 amide bonds. The molecule has 0 fully saturated rings. The van der Waals surface area contributed by atoms with Gasteiger partial charge in [0.2, 0.25) is 6.10 Å². The Balaban J connectivity index is 2.15. The van der Waals surface area contributed by atoms with Crippen LogP contribution in [0.25, 0.3) is 0 Å². The molecule has 0 spiro atoms. The Morgan fingerprint density at radius 2 is 2.10 bits per heavy atom. The fraction of sp³-hybridized carbons (Fsp3) is 0.588. The molecule has 0 saturated heterocycles. The van der Waals surface area contributed by atoms with E-state index in [-0.39, 0.29) is 5.97 Å². The molecule has 2 unspecified atom stereocenters. The molecule has 2 atom stereocenters. The van der Waals surface area contributed by atoms with E-state index in [0.717, 1.165) is 24.2 Å². The highest BCUT2D eigenvalue weighted by molar-refractivity contribution is 5.81. The predicted octanol–water partition coefficient (Wildman–Crippen LogP) is 4.37. The van der Waals surface area contributed by atoms with Crippen LogP contribution in [0.15, 0.2) is 18.2 Å². The largest absolute Gasteiger partial charge is 0.473 e. The molecule has 0 aliphatic carbocycles. The third-order valence-electron chi connectivity index (χ3n) is 3.47. The number of fused-ring (bicyclic) bond motifs is 1. The summed E-state index contributed by atoms with van der Waals surface area (Å²) >= 11 is 0. The van der Waals surface area contributed by atoms with Crippen LogP contribution < -0.4 is 4.74 Å². The zero-order valence-electron chi connectivity index (χ0n) is 13.0. The number of esters is 1. The Kier molecular flexibility index (Phi) is 4.07. The van der Waals surface area contributed by atoms with Crippen molar-refractivity contribution in [1.82, 2.24) is 0 Å². The van der Waals surface area contributed by atoms with Crippen molar-refractivity contribution in [3.63, 3.8) is 0 Å². The van der Waals surface area contributed by atoms with Gasteiger partial charge in [-0.25, -0.2) is 4.79 Å². The van der Waals surface area contributed by atoms with Gasteiger partial charge in [0.1, 0.15) is 11.4 Å². The maximum atomic E-state index is 12.1. The normalized spacial score (nSPS) is 18.6. The first-order valence-electron chi connectivity index (χ1n) is 7.35. The molecular weight excluding hydrogens is 252 g/mol. The highest BCUT2D eigenvalue weighted by Crippen LogP contribution is 2.45. The summed E-state index contributed by atoms with van der Waals surface area (Å²) in [5.74, 6) is 1.03. The van der Waals surface area contributed by atoms with Crippen LogP contribution in [0.4, 0.5) is 0 Å². The summed E-state index contributed by atoms with van der Waals surface area (Å²) in [5.41, 5.74) is 1.67. The average molecular weight is 276 g/mol. The number of rotatable bonds is 4. The van der Waals surface area contributed by atoms with E-state index in [1.807, 2.05) is 32.9 Å². The van der Waals surface area contributed by atoms with E-state index in [1.165, 1.54) is 5.56 Å². The van der Waals surface area contributed by atoms with Gasteiger partial charge in [0.15, 0.2) is 0 Å². The molecule has 0 aromatic heterocycles. The quantitative estimate of drug-likeness (QED) is 0.766. The Bertz CT molecular complexity index is 499. The molecule has 1 aromatic rings. The fourth-order valence-electron chi connectivity index (χ4n) is 2.55. The van der Waals surface area contributed by atoms with Crippen LogP contribution in [0.2, 0.25) is 0 Å². The van der Waals surface area contributed by atoms with Crippen molar-refractivity contribution in [3.8, 4) is 5.75 Å². The van der Waals surface area contributed by atoms with Crippen molar-refractivity contribution in [2.24, 2.45) is 0 Å². The van der Waals surface area contributed by atoms with Gasteiger partial charge in [-0.3, -0.25) is 0 Å². The summed E-state index contributed by atoms with van der Waals surface area (Å²) < 4.78 is 11.1. The molecule has 0 radical (unpaired) electrons. The van der Waals surface area contributed by atoms with Gasteiger partial charge < -0.3 is 9.47 Å². The molecule has 0 bridgehead atoms. The number of carbonyl (C=O) groups excluding carboxylic acids is 1. The van der Waals surface area contributed by atoms with Gasteiger partial charge >= 0.3 is 5.97 Å². The summed E-state index contributed by atoms with van der Waals surface area (Å²) in [6, 6.07) is 6.04. The van der Waals surface area contributed by atoms with Crippen molar-refractivity contribution in [3.05, 3.63) is 29.3 Å². The predicted molar refractivity (Wildman–Crippen MR) is 79.0 cm³/mol. The molecule has 20 heavy (non-hydrogen) atoms. The van der Waals surface area contributed by atoms with Crippen LogP contribution in [0, 0.1) is 0 Å². The Morgan fingerprint density at radius 1 is 1.40 bits per heavy atom. The number of carbonyl (C=O) groups is 1. The number of ether oxygens (including phenoxy) is 2. The average Bonchev–Trinajstić information content (AvgIpc) is 2.28. The van der Waals surface area contributed by atoms with E-state index in [0.29, 0.717) is 5.92 Å². The number of benzene rings is 1. The molecule has 3 heteroatoms. The minimum Gasteiger partial charge on any atom is -0.473 e. The molecule has 1 aliphatic rings. The molecule has 0 saturated carbocycles. The lowest BCUT2D eigenvalue weighted by Gasteiger charge is -2.34. The minimum atomic E-state index is -0.557. The van der Waals surface area contributed by atoms with E-state index in [2.05, 4.69) is 19.9 Å². The van der Waals surface area contributed by atoms with E-state index in [1.54, 1.807) is 0 Å². The third-order valence-corrected chi connectivity index (χ3v) is 3.47. The summed E-state index contributed by atoms with van der Waals surface area (Å²) in [5, 5.41) is 0. The monoisotopic (exact) mass is 276 g/mol. The number of hydrogen-bond donors (Lipinski definition) is 0. The molecule has 1 aliphatic heterocycles. The zero-order valence-corrected chi connectivity index (χ0v) is 13.0. The van der Waals surface area contributed by atoms with Crippen molar-refractivity contribution < 1.29 is 14.3 Å². The van der Waals surface area contributed by atoms with Crippen molar-refractivity contribution in [2.45, 2.75) is 65.1 Å². The summed E-state index contributed by atoms with van der Waals surface area (Å²) in [6.45, 7) is 9.97. The maximum absolute atomic E-state index is 12.1. The third kappa shape index (κ3) is 2.97. The first-order valence-corrected chi connectivity index (χ1v) is 7.35. The van der Waals surface area contributed by atoms with Crippen LogP contribution in [-0.2, 0) is 9.53 Å². The maximum Gasteiger partial charge on any atom is 0.352 e. The molecule has 1 aromatic carbocycles. The van der Waals surface area contributed by atoms with Gasteiger partial charge in [-0.05, 0) is 38.7 Å². The second-order valence-corrected chi connectivity index (χ2v) is 6.49. The lowest BCUT2D eigenvalue weighted by molar-refractivity contribution is -0.166. The Hall–Kier alpha value is -1.51. The molecule has 2 rings (SSSR count). The van der Waals surface area contributed by atoms with Gasteiger partial charge in [0.25, 0.3) is 0 Å². The van der Waals surface area contributed by atoms with Crippen molar-refractivity contribution >= 4 is 5.97 Å². The van der Waals surface area contributed by atoms with Crippen molar-refractivity contribution in [1.29, 1.82) is 0 Å². The van der Waals surface area contributed by atoms with Gasteiger partial charge in [0, 0.05) is 5.56 Å². The van der Waals surface area contributed by atoms with E-state index in [4.69, 9.17) is 9.47 Å². The highest BCUT2D eigenvalue weighted by Gasteiger charge is 2.39. The smallest absolute Gasteiger partial charge is 0.352 e. The van der Waals surface area contributed by atoms with Crippen LogP contribution in [0.5, 0.6) is 5.75 Å². The Morgan fingerprint density at radius 3 is 2.70 bits per heavy atom. The minimum absolute atomic E-state index is 0.301. The lowest BCUT2D eigenvalue weighted by atomic mass is 9.90. The summed E-state index contributed by atoms with van der Waals surface area (Å²) in [7, 11) is 0. The van der Waals surface area contributed by atoms with Crippen LogP contribution in [-0.4, -0.2) is 11.6 Å². The Labute approximate surface area is 121 Å². The SMILES string of the molecule is CCCC(C)c1cccc2c1OC2C(=O)OC(C)(C)C. The topological polar surface area (TPSA) is 35.5 Å². The van der Waals surface area contributed by atoms with Crippen LogP contribution >= 0.6 is 0 Å². The van der Waals surface area contributed by atoms with E-state index >= 15 is 0 Å². The summed E-state index contributed by atoms with van der Waals surface area (Å²) in [6.07, 6.45) is 1.70. The van der Waals surface area contributed by atoms with Gasteiger partial charge in [0.05, 0.1) is 0 Å². The molecule has 3 nitrogen and oxygen atoms in total. The van der Waals surface area contributed by atoms with E-state index < -0.39 is 11.7 Å². The molecular formula is C17H24O3. The lowest BCUT2D eigenvalue weighted by Crippen LogP contribution is -2.35. The van der Waals surface area contributed by atoms with E-state index in [9.17, 15) is 4.79 Å². The molecule has 0 N–H and O–H groups in total. The zero-order chi connectivity index (χ0) is 14.9. The second-order valence-electron chi connectivity index (χ2n) is 6.49. The standard InChI is InChI=1S/C17H24O3/c1-6-8-11(2)12-9-7-10-13-14(12)19-15(13)16(18)20-17(3,4)5/h7,9-11,15H,6,8H2,1-5H3. The first-order chi connectivity index (χ1) is 9.33. The summed E-state index contributed by atoms with van der Waals surface area (Å²) in [4.78, 5) is 12.1. The first kappa shape index (κ1) is 14.9. The molecule has 110 valence electrons. The van der Waals surface area contributed by atoms with Gasteiger partial charge in [-0.1, -0.05) is 38.5 Å². The van der Waals surface area contributed by atoms with Gasteiger partial charge in [-0.2, -0.15) is 0 Å². The molecule has 1 heterocycles.